The van der Waals surface area contributed by atoms with Gasteiger partial charge < -0.3 is 15.3 Å². The summed E-state index contributed by atoms with van der Waals surface area (Å²) in [6, 6.07) is 0. The number of aliphatic hydroxyl groups is 3. The van der Waals surface area contributed by atoms with Gasteiger partial charge in [-0.05, 0) is 24.8 Å². The molecule has 13 heavy (non-hydrogen) atoms. The highest BCUT2D eigenvalue weighted by Crippen LogP contribution is 2.20. The Labute approximate surface area is 79.0 Å². The van der Waals surface area contributed by atoms with Crippen LogP contribution in [0.1, 0.15) is 12.8 Å². The van der Waals surface area contributed by atoms with Crippen molar-refractivity contribution in [3.05, 3.63) is 18.4 Å². The third kappa shape index (κ3) is 4.86. The summed E-state index contributed by atoms with van der Waals surface area (Å²) in [4.78, 5) is 0. The number of aliphatic hydroxyl groups excluding tert-OH is 3. The molecule has 0 aromatic carbocycles. The molecule has 0 bridgehead atoms. The summed E-state index contributed by atoms with van der Waals surface area (Å²) >= 11 is 0. The second-order valence-corrected chi connectivity index (χ2v) is 3.00. The van der Waals surface area contributed by atoms with Gasteiger partial charge in [0.05, 0.1) is 6.61 Å². The minimum absolute atomic E-state index is 0.00713. The van der Waals surface area contributed by atoms with Crippen LogP contribution in [0, 0.1) is 11.8 Å². The van der Waals surface area contributed by atoms with Crippen LogP contribution in [0.4, 0.5) is 0 Å². The summed E-state index contributed by atoms with van der Waals surface area (Å²) in [5.41, 5.74) is 2.62. The second kappa shape index (κ2) is 8.02. The first-order valence-corrected chi connectivity index (χ1v) is 4.48. The largest absolute Gasteiger partial charge is 0.396 e. The first-order chi connectivity index (χ1) is 6.29. The SMILES string of the molecule is C=C=CC(CO)C(CCO)CCO. The fraction of sp³-hybridized carbons (Fsp3) is 0.700. The molecular formula is C10H18O3. The molecule has 0 aliphatic carbocycles. The summed E-state index contributed by atoms with van der Waals surface area (Å²) in [7, 11) is 0. The van der Waals surface area contributed by atoms with E-state index in [-0.39, 0.29) is 31.7 Å². The van der Waals surface area contributed by atoms with Gasteiger partial charge in [0.15, 0.2) is 0 Å². The molecule has 3 heteroatoms. The predicted octanol–water partition coefficient (Wildman–Crippen LogP) is 0.317. The molecule has 0 rings (SSSR count). The van der Waals surface area contributed by atoms with Gasteiger partial charge in [-0.25, -0.2) is 0 Å². The van der Waals surface area contributed by atoms with Crippen LogP contribution in [0.5, 0.6) is 0 Å². The topological polar surface area (TPSA) is 60.7 Å². The molecule has 0 spiro atoms. The molecule has 0 aromatic rings. The first-order valence-electron chi connectivity index (χ1n) is 4.48. The Morgan fingerprint density at radius 2 is 1.69 bits per heavy atom. The third-order valence-corrected chi connectivity index (χ3v) is 2.15. The van der Waals surface area contributed by atoms with Crippen LogP contribution in [-0.2, 0) is 0 Å². The van der Waals surface area contributed by atoms with Crippen LogP contribution in [0.3, 0.4) is 0 Å². The molecule has 3 nitrogen and oxygen atoms in total. The van der Waals surface area contributed by atoms with Gasteiger partial charge in [-0.15, -0.1) is 5.73 Å². The van der Waals surface area contributed by atoms with Gasteiger partial charge in [-0.1, -0.05) is 6.58 Å². The molecule has 76 valence electrons. The maximum Gasteiger partial charge on any atom is 0.0502 e. The smallest absolute Gasteiger partial charge is 0.0502 e. The minimum atomic E-state index is -0.0585. The van der Waals surface area contributed by atoms with Gasteiger partial charge in [-0.2, -0.15) is 0 Å². The van der Waals surface area contributed by atoms with Gasteiger partial charge in [0, 0.05) is 19.1 Å². The van der Waals surface area contributed by atoms with Crippen molar-refractivity contribution in [1.29, 1.82) is 0 Å². The molecular weight excluding hydrogens is 168 g/mol. The van der Waals surface area contributed by atoms with E-state index < -0.39 is 0 Å². The molecule has 0 aliphatic heterocycles. The Balaban J connectivity index is 4.18. The standard InChI is InChI=1S/C10H18O3/c1-2-3-10(8-13)9(4-6-11)5-7-12/h3,9-13H,1,4-8H2. The monoisotopic (exact) mass is 186 g/mol. The van der Waals surface area contributed by atoms with Crippen LogP contribution in [-0.4, -0.2) is 35.1 Å². The Hall–Kier alpha value is -0.600. The quantitative estimate of drug-likeness (QED) is 0.502. The van der Waals surface area contributed by atoms with Crippen molar-refractivity contribution in [2.75, 3.05) is 19.8 Å². The fourth-order valence-corrected chi connectivity index (χ4v) is 1.39. The molecule has 0 amide bonds. The van der Waals surface area contributed by atoms with E-state index in [1.54, 1.807) is 6.08 Å². The first kappa shape index (κ1) is 12.4. The van der Waals surface area contributed by atoms with Crippen molar-refractivity contribution in [1.82, 2.24) is 0 Å². The van der Waals surface area contributed by atoms with Gasteiger partial charge in [-0.3, -0.25) is 0 Å². The minimum Gasteiger partial charge on any atom is -0.396 e. The van der Waals surface area contributed by atoms with E-state index in [1.165, 1.54) is 0 Å². The highest BCUT2D eigenvalue weighted by atomic mass is 16.3. The molecule has 0 heterocycles. The van der Waals surface area contributed by atoms with Crippen molar-refractivity contribution in [3.8, 4) is 0 Å². The average Bonchev–Trinajstić information content (AvgIpc) is 2.14. The Kier molecular flexibility index (Phi) is 7.65. The number of hydrogen-bond donors (Lipinski definition) is 3. The summed E-state index contributed by atoms with van der Waals surface area (Å²) in [5, 5.41) is 26.5. The highest BCUT2D eigenvalue weighted by Gasteiger charge is 2.17. The van der Waals surface area contributed by atoms with Crippen molar-refractivity contribution >= 4 is 0 Å². The Morgan fingerprint density at radius 1 is 1.15 bits per heavy atom. The lowest BCUT2D eigenvalue weighted by Crippen LogP contribution is -2.19. The van der Waals surface area contributed by atoms with Crippen molar-refractivity contribution in [2.45, 2.75) is 12.8 Å². The maximum absolute atomic E-state index is 9.02. The number of rotatable bonds is 7. The third-order valence-electron chi connectivity index (χ3n) is 2.15. The van der Waals surface area contributed by atoms with Crippen molar-refractivity contribution in [3.63, 3.8) is 0 Å². The fourth-order valence-electron chi connectivity index (χ4n) is 1.39. The zero-order valence-electron chi connectivity index (χ0n) is 7.82. The predicted molar refractivity (Wildman–Crippen MR) is 51.2 cm³/mol. The Morgan fingerprint density at radius 3 is 2.00 bits per heavy atom. The molecule has 0 saturated carbocycles. The summed E-state index contributed by atoms with van der Waals surface area (Å²) in [6.07, 6.45) is 2.86. The molecule has 0 radical (unpaired) electrons. The number of hydrogen-bond acceptors (Lipinski definition) is 3. The normalized spacial score (nSPS) is 12.6. The van der Waals surface area contributed by atoms with E-state index in [2.05, 4.69) is 12.3 Å². The average molecular weight is 186 g/mol. The van der Waals surface area contributed by atoms with E-state index >= 15 is 0 Å². The molecule has 0 aromatic heterocycles. The molecule has 1 unspecified atom stereocenters. The Bertz CT molecular complexity index is 156. The van der Waals surface area contributed by atoms with E-state index in [4.69, 9.17) is 15.3 Å². The van der Waals surface area contributed by atoms with E-state index in [9.17, 15) is 0 Å². The van der Waals surface area contributed by atoms with Crippen LogP contribution >= 0.6 is 0 Å². The lowest BCUT2D eigenvalue weighted by Gasteiger charge is -2.20. The van der Waals surface area contributed by atoms with Crippen LogP contribution in [0.15, 0.2) is 18.4 Å². The van der Waals surface area contributed by atoms with E-state index in [0.717, 1.165) is 0 Å². The van der Waals surface area contributed by atoms with Crippen LogP contribution in [0.2, 0.25) is 0 Å². The molecule has 0 aliphatic rings. The molecule has 3 N–H and O–H groups in total. The lowest BCUT2D eigenvalue weighted by atomic mass is 9.87. The van der Waals surface area contributed by atoms with Crippen LogP contribution < -0.4 is 0 Å². The summed E-state index contributed by atoms with van der Waals surface area (Å²) in [5.74, 6) is 0.0473. The van der Waals surface area contributed by atoms with Gasteiger partial charge in [0.25, 0.3) is 0 Å². The van der Waals surface area contributed by atoms with E-state index in [1.807, 2.05) is 0 Å². The van der Waals surface area contributed by atoms with Crippen LogP contribution in [0.25, 0.3) is 0 Å². The molecule has 1 atom stereocenters. The van der Waals surface area contributed by atoms with Gasteiger partial charge in [0.1, 0.15) is 0 Å². The maximum atomic E-state index is 9.02. The van der Waals surface area contributed by atoms with Gasteiger partial charge >= 0.3 is 0 Å². The van der Waals surface area contributed by atoms with E-state index in [0.29, 0.717) is 12.8 Å². The zero-order valence-corrected chi connectivity index (χ0v) is 7.82. The summed E-state index contributed by atoms with van der Waals surface area (Å²) < 4.78 is 0. The molecule has 0 saturated heterocycles. The zero-order chi connectivity index (χ0) is 10.1. The summed E-state index contributed by atoms with van der Waals surface area (Å²) in [6.45, 7) is 3.59. The second-order valence-electron chi connectivity index (χ2n) is 3.00. The lowest BCUT2D eigenvalue weighted by molar-refractivity contribution is 0.149. The highest BCUT2D eigenvalue weighted by molar-refractivity contribution is 4.88. The molecule has 0 fully saturated rings. The van der Waals surface area contributed by atoms with Crippen molar-refractivity contribution < 1.29 is 15.3 Å². The van der Waals surface area contributed by atoms with Gasteiger partial charge in [0.2, 0.25) is 0 Å². The van der Waals surface area contributed by atoms with Crippen molar-refractivity contribution in [2.24, 2.45) is 11.8 Å².